The average molecular weight is 381 g/mol. The Bertz CT molecular complexity index is 797. The molecule has 0 aliphatic rings. The number of halogens is 2. The maximum atomic E-state index is 6.08. The molecule has 0 saturated heterocycles. The summed E-state index contributed by atoms with van der Waals surface area (Å²) in [6, 6.07) is 12.6. The fourth-order valence-corrected chi connectivity index (χ4v) is 4.58. The molecule has 0 saturated carbocycles. The Morgan fingerprint density at radius 2 is 2.00 bits per heavy atom. The molecule has 0 spiro atoms. The van der Waals surface area contributed by atoms with Crippen LogP contribution < -0.4 is 5.32 Å². The molecule has 0 bridgehead atoms. The van der Waals surface area contributed by atoms with Crippen LogP contribution in [-0.4, -0.2) is 7.05 Å². The number of aryl methyl sites for hydroxylation is 1. The molecule has 1 heterocycles. The topological polar surface area (TPSA) is 12.0 Å². The molecule has 0 amide bonds. The second kappa shape index (κ2) is 6.09. The van der Waals surface area contributed by atoms with Crippen molar-refractivity contribution in [2.45, 2.75) is 13.0 Å². The van der Waals surface area contributed by atoms with Gasteiger partial charge >= 0.3 is 0 Å². The summed E-state index contributed by atoms with van der Waals surface area (Å²) in [5, 5.41) is 7.76. The number of hydrogen-bond donors (Lipinski definition) is 1. The van der Waals surface area contributed by atoms with Crippen molar-refractivity contribution >= 4 is 49.0 Å². The molecule has 4 heteroatoms. The van der Waals surface area contributed by atoms with Crippen molar-refractivity contribution in [3.8, 4) is 0 Å². The van der Waals surface area contributed by atoms with Gasteiger partial charge in [0.2, 0.25) is 0 Å². The highest BCUT2D eigenvalue weighted by Gasteiger charge is 2.18. The van der Waals surface area contributed by atoms with Crippen LogP contribution in [0.25, 0.3) is 10.1 Å². The van der Waals surface area contributed by atoms with Crippen molar-refractivity contribution in [2.24, 2.45) is 0 Å². The monoisotopic (exact) mass is 379 g/mol. The molecule has 0 radical (unpaired) electrons. The lowest BCUT2D eigenvalue weighted by atomic mass is 9.95. The van der Waals surface area contributed by atoms with Gasteiger partial charge in [0, 0.05) is 14.2 Å². The van der Waals surface area contributed by atoms with Crippen molar-refractivity contribution in [3.63, 3.8) is 0 Å². The Hall–Kier alpha value is -0.870. The van der Waals surface area contributed by atoms with Gasteiger partial charge in [0.05, 0.1) is 6.04 Å². The van der Waals surface area contributed by atoms with Gasteiger partial charge in [0.1, 0.15) is 0 Å². The van der Waals surface area contributed by atoms with Crippen LogP contribution in [0.5, 0.6) is 0 Å². The Kier molecular flexibility index (Phi) is 4.36. The Morgan fingerprint density at radius 3 is 2.71 bits per heavy atom. The molecule has 1 N–H and O–H groups in total. The fourth-order valence-electron chi connectivity index (χ4n) is 2.71. The molecular weight excluding hydrogens is 366 g/mol. The number of hydrogen-bond acceptors (Lipinski definition) is 2. The maximum absolute atomic E-state index is 6.08. The van der Waals surface area contributed by atoms with E-state index in [0.29, 0.717) is 0 Å². The standard InChI is InChI=1S/C17H15BrClNS/c1-10-8-11(19)6-7-12(10)16(20-2)14-9-21-17-13(14)4-3-5-15(17)18/h3-9,16,20H,1-2H3. The highest BCUT2D eigenvalue weighted by Crippen LogP contribution is 2.38. The first-order chi connectivity index (χ1) is 10.1. The minimum atomic E-state index is 0.172. The number of fused-ring (bicyclic) bond motifs is 1. The Balaban J connectivity index is 2.16. The van der Waals surface area contributed by atoms with Gasteiger partial charge in [-0.05, 0) is 75.6 Å². The predicted molar refractivity (Wildman–Crippen MR) is 96.6 cm³/mol. The van der Waals surface area contributed by atoms with E-state index < -0.39 is 0 Å². The third-order valence-electron chi connectivity index (χ3n) is 3.72. The second-order valence-corrected chi connectivity index (χ2v) is 7.20. The zero-order chi connectivity index (χ0) is 15.0. The summed E-state index contributed by atoms with van der Waals surface area (Å²) in [6.07, 6.45) is 0. The lowest BCUT2D eigenvalue weighted by molar-refractivity contribution is 0.694. The first kappa shape index (κ1) is 15.0. The highest BCUT2D eigenvalue weighted by atomic mass is 79.9. The molecule has 108 valence electrons. The van der Waals surface area contributed by atoms with Crippen LogP contribution >= 0.6 is 38.9 Å². The Labute approximate surface area is 142 Å². The van der Waals surface area contributed by atoms with E-state index in [9.17, 15) is 0 Å². The zero-order valence-electron chi connectivity index (χ0n) is 11.8. The maximum Gasteiger partial charge on any atom is 0.0591 e. The van der Waals surface area contributed by atoms with Crippen LogP contribution in [0.3, 0.4) is 0 Å². The summed E-state index contributed by atoms with van der Waals surface area (Å²) in [5.74, 6) is 0. The molecule has 0 fully saturated rings. The van der Waals surface area contributed by atoms with Crippen molar-refractivity contribution in [2.75, 3.05) is 7.05 Å². The lowest BCUT2D eigenvalue weighted by Gasteiger charge is -2.19. The molecule has 0 aliphatic carbocycles. The van der Waals surface area contributed by atoms with E-state index >= 15 is 0 Å². The van der Waals surface area contributed by atoms with Gasteiger partial charge in [-0.25, -0.2) is 0 Å². The summed E-state index contributed by atoms with van der Waals surface area (Å²) in [7, 11) is 2.00. The second-order valence-electron chi connectivity index (χ2n) is 5.03. The van der Waals surface area contributed by atoms with Crippen LogP contribution in [0, 0.1) is 6.92 Å². The quantitative estimate of drug-likeness (QED) is 0.593. The van der Waals surface area contributed by atoms with Gasteiger partial charge < -0.3 is 5.32 Å². The van der Waals surface area contributed by atoms with E-state index in [1.807, 2.05) is 19.2 Å². The SMILES string of the molecule is CNC(c1ccc(Cl)cc1C)c1csc2c(Br)cccc12. The molecule has 1 unspecified atom stereocenters. The van der Waals surface area contributed by atoms with Crippen LogP contribution in [-0.2, 0) is 0 Å². The molecule has 21 heavy (non-hydrogen) atoms. The van der Waals surface area contributed by atoms with Crippen molar-refractivity contribution in [3.05, 3.63) is 68.0 Å². The summed E-state index contributed by atoms with van der Waals surface area (Å²) < 4.78 is 2.44. The van der Waals surface area contributed by atoms with Gasteiger partial charge in [-0.3, -0.25) is 0 Å². The van der Waals surface area contributed by atoms with Gasteiger partial charge in [-0.2, -0.15) is 0 Å². The molecule has 2 aromatic carbocycles. The molecule has 1 nitrogen and oxygen atoms in total. The van der Waals surface area contributed by atoms with Crippen molar-refractivity contribution in [1.82, 2.24) is 5.32 Å². The molecule has 3 aromatic rings. The number of thiophene rings is 1. The van der Waals surface area contributed by atoms with E-state index in [2.05, 4.69) is 57.8 Å². The Morgan fingerprint density at radius 1 is 1.19 bits per heavy atom. The van der Waals surface area contributed by atoms with Crippen molar-refractivity contribution < 1.29 is 0 Å². The number of nitrogens with one attached hydrogen (secondary N) is 1. The summed E-state index contributed by atoms with van der Waals surface area (Å²) >= 11 is 11.5. The van der Waals surface area contributed by atoms with E-state index in [1.54, 1.807) is 11.3 Å². The summed E-state index contributed by atoms with van der Waals surface area (Å²) in [4.78, 5) is 0. The highest BCUT2D eigenvalue weighted by molar-refractivity contribution is 9.10. The average Bonchev–Trinajstić information content (AvgIpc) is 2.87. The minimum Gasteiger partial charge on any atom is -0.309 e. The van der Waals surface area contributed by atoms with Gasteiger partial charge in [-0.1, -0.05) is 29.8 Å². The predicted octanol–water partition coefficient (Wildman–Crippen LogP) is 5.93. The molecule has 3 rings (SSSR count). The lowest BCUT2D eigenvalue weighted by Crippen LogP contribution is -2.18. The number of benzene rings is 2. The van der Waals surface area contributed by atoms with Crippen LogP contribution in [0.1, 0.15) is 22.7 Å². The minimum absolute atomic E-state index is 0.172. The summed E-state index contributed by atoms with van der Waals surface area (Å²) in [5.41, 5.74) is 3.78. The number of rotatable bonds is 3. The van der Waals surface area contributed by atoms with Crippen LogP contribution in [0.2, 0.25) is 5.02 Å². The van der Waals surface area contributed by atoms with Gasteiger partial charge in [0.25, 0.3) is 0 Å². The van der Waals surface area contributed by atoms with Gasteiger partial charge in [0.15, 0.2) is 0 Å². The zero-order valence-corrected chi connectivity index (χ0v) is 14.9. The molecule has 0 aliphatic heterocycles. The normalized spacial score (nSPS) is 12.8. The van der Waals surface area contributed by atoms with E-state index in [1.165, 1.54) is 26.8 Å². The van der Waals surface area contributed by atoms with E-state index in [4.69, 9.17) is 11.6 Å². The van der Waals surface area contributed by atoms with Crippen LogP contribution in [0.15, 0.2) is 46.3 Å². The molecule has 1 atom stereocenters. The molecule has 1 aromatic heterocycles. The van der Waals surface area contributed by atoms with E-state index in [-0.39, 0.29) is 6.04 Å². The third-order valence-corrected chi connectivity index (χ3v) is 5.93. The smallest absolute Gasteiger partial charge is 0.0591 e. The van der Waals surface area contributed by atoms with Gasteiger partial charge in [-0.15, -0.1) is 11.3 Å². The third kappa shape index (κ3) is 2.76. The van der Waals surface area contributed by atoms with E-state index in [0.717, 1.165) is 9.50 Å². The molecular formula is C17H15BrClNS. The first-order valence-corrected chi connectivity index (χ1v) is 8.76. The fraction of sp³-hybridized carbons (Fsp3) is 0.176. The largest absolute Gasteiger partial charge is 0.309 e. The summed E-state index contributed by atoms with van der Waals surface area (Å²) in [6.45, 7) is 2.11. The van der Waals surface area contributed by atoms with Crippen molar-refractivity contribution in [1.29, 1.82) is 0 Å². The first-order valence-electron chi connectivity index (χ1n) is 6.70. The van der Waals surface area contributed by atoms with Crippen LogP contribution in [0.4, 0.5) is 0 Å².